The largest absolute Gasteiger partial charge is 0.325 e. The maximum atomic E-state index is 12.2. The fourth-order valence-corrected chi connectivity index (χ4v) is 2.36. The number of hydrogen-bond donors (Lipinski definition) is 2. The van der Waals surface area contributed by atoms with E-state index in [4.69, 9.17) is 0 Å². The lowest BCUT2D eigenvalue weighted by Crippen LogP contribution is -2.30. The molecule has 0 saturated carbocycles. The Kier molecular flexibility index (Phi) is 11.1. The van der Waals surface area contributed by atoms with Gasteiger partial charge in [0.1, 0.15) is 11.6 Å². The van der Waals surface area contributed by atoms with Crippen LogP contribution in [-0.2, 0) is 24.9 Å². The molecule has 146 valence electrons. The van der Waals surface area contributed by atoms with Gasteiger partial charge in [0.2, 0.25) is 5.91 Å². The molecule has 0 aliphatic rings. The number of halogens is 2. The van der Waals surface area contributed by atoms with Gasteiger partial charge in [-0.25, -0.2) is 0 Å². The first-order valence-electron chi connectivity index (χ1n) is 8.12. The van der Waals surface area contributed by atoms with Gasteiger partial charge in [-0.1, -0.05) is 19.1 Å². The number of anilines is 1. The summed E-state index contributed by atoms with van der Waals surface area (Å²) in [5, 5.41) is 14.4. The predicted octanol–water partition coefficient (Wildman–Crippen LogP) is 2.15. The van der Waals surface area contributed by atoms with Crippen molar-refractivity contribution in [1.82, 2.24) is 25.0 Å². The number of aryl methyl sites for hydroxylation is 1. The molecule has 0 atom stereocenters. The second kappa shape index (κ2) is 11.9. The van der Waals surface area contributed by atoms with Crippen molar-refractivity contribution in [3.8, 4) is 0 Å². The molecule has 2 rings (SSSR count). The summed E-state index contributed by atoms with van der Waals surface area (Å²) in [5.74, 6) is 1.66. The number of aromatic nitrogens is 3. The van der Waals surface area contributed by atoms with Gasteiger partial charge in [0.15, 0.2) is 0 Å². The Hall–Kier alpha value is -1.67. The van der Waals surface area contributed by atoms with Gasteiger partial charge >= 0.3 is 0 Å². The van der Waals surface area contributed by atoms with Gasteiger partial charge in [-0.15, -0.1) is 35.0 Å². The SMILES string of the molecule is CCNCc1cccc(NC(=O)CN(C)Cc2nnc(C)n2C)c1.Cl.Cl. The number of hydrogen-bond acceptors (Lipinski definition) is 5. The van der Waals surface area contributed by atoms with Gasteiger partial charge in [0.25, 0.3) is 0 Å². The Balaban J connectivity index is 0.00000312. The monoisotopic (exact) mass is 402 g/mol. The number of amides is 1. The fourth-order valence-electron chi connectivity index (χ4n) is 2.36. The molecule has 2 N–H and O–H groups in total. The van der Waals surface area contributed by atoms with E-state index in [0.29, 0.717) is 13.1 Å². The Morgan fingerprint density at radius 3 is 2.62 bits per heavy atom. The van der Waals surface area contributed by atoms with E-state index < -0.39 is 0 Å². The Morgan fingerprint density at radius 2 is 2.00 bits per heavy atom. The van der Waals surface area contributed by atoms with Crippen molar-refractivity contribution in [2.24, 2.45) is 7.05 Å². The molecule has 0 radical (unpaired) electrons. The molecule has 0 saturated heterocycles. The Bertz CT molecular complexity index is 692. The van der Waals surface area contributed by atoms with Crippen molar-refractivity contribution in [2.45, 2.75) is 26.9 Å². The average Bonchev–Trinajstić information content (AvgIpc) is 2.85. The van der Waals surface area contributed by atoms with Crippen molar-refractivity contribution in [1.29, 1.82) is 0 Å². The third-order valence-electron chi connectivity index (χ3n) is 3.80. The van der Waals surface area contributed by atoms with Crippen LogP contribution < -0.4 is 10.6 Å². The van der Waals surface area contributed by atoms with Gasteiger partial charge < -0.3 is 15.2 Å². The summed E-state index contributed by atoms with van der Waals surface area (Å²) in [4.78, 5) is 14.1. The molecular formula is C17H28Cl2N6O. The van der Waals surface area contributed by atoms with Crippen molar-refractivity contribution >= 4 is 36.4 Å². The molecule has 7 nitrogen and oxygen atoms in total. The molecule has 0 fully saturated rings. The number of nitrogens with one attached hydrogen (secondary N) is 2. The van der Waals surface area contributed by atoms with Gasteiger partial charge in [0.05, 0.1) is 13.1 Å². The zero-order chi connectivity index (χ0) is 17.5. The maximum Gasteiger partial charge on any atom is 0.238 e. The van der Waals surface area contributed by atoms with E-state index in [1.54, 1.807) is 0 Å². The van der Waals surface area contributed by atoms with Crippen molar-refractivity contribution in [3.05, 3.63) is 41.5 Å². The molecule has 9 heteroatoms. The van der Waals surface area contributed by atoms with Gasteiger partial charge in [0, 0.05) is 19.3 Å². The molecule has 0 aliphatic carbocycles. The predicted molar refractivity (Wildman–Crippen MR) is 109 cm³/mol. The van der Waals surface area contributed by atoms with E-state index in [9.17, 15) is 4.79 Å². The first kappa shape index (κ1) is 24.3. The maximum absolute atomic E-state index is 12.2. The topological polar surface area (TPSA) is 75.1 Å². The van der Waals surface area contributed by atoms with E-state index in [0.717, 1.165) is 36.0 Å². The quantitative estimate of drug-likeness (QED) is 0.707. The van der Waals surface area contributed by atoms with Crippen molar-refractivity contribution in [3.63, 3.8) is 0 Å². The van der Waals surface area contributed by atoms with Gasteiger partial charge in [-0.3, -0.25) is 9.69 Å². The van der Waals surface area contributed by atoms with Crippen LogP contribution in [-0.4, -0.2) is 45.7 Å². The lowest BCUT2D eigenvalue weighted by molar-refractivity contribution is -0.117. The van der Waals surface area contributed by atoms with Crippen LogP contribution in [0.4, 0.5) is 5.69 Å². The van der Waals surface area contributed by atoms with Crippen molar-refractivity contribution in [2.75, 3.05) is 25.5 Å². The summed E-state index contributed by atoms with van der Waals surface area (Å²) in [6.45, 7) is 6.56. The highest BCUT2D eigenvalue weighted by atomic mass is 35.5. The van der Waals surface area contributed by atoms with Crippen LogP contribution >= 0.6 is 24.8 Å². The standard InChI is InChI=1S/C17H26N6O.2ClH/c1-5-18-10-14-7-6-8-15(9-14)19-17(24)12-22(3)11-16-21-20-13(2)23(16)4;;/h6-9,18H,5,10-12H2,1-4H3,(H,19,24);2*1H. The Labute approximate surface area is 167 Å². The second-order valence-corrected chi connectivity index (χ2v) is 5.92. The lowest BCUT2D eigenvalue weighted by Gasteiger charge is -2.16. The van der Waals surface area contributed by atoms with Gasteiger partial charge in [-0.2, -0.15) is 0 Å². The summed E-state index contributed by atoms with van der Waals surface area (Å²) in [6.07, 6.45) is 0. The van der Waals surface area contributed by atoms with Crippen LogP contribution in [0.5, 0.6) is 0 Å². The minimum Gasteiger partial charge on any atom is -0.325 e. The number of rotatable bonds is 8. The second-order valence-electron chi connectivity index (χ2n) is 5.92. The minimum absolute atomic E-state index is 0. The molecule has 0 spiro atoms. The number of likely N-dealkylation sites (N-methyl/N-ethyl adjacent to an activating group) is 1. The number of carbonyl (C=O) groups excluding carboxylic acids is 1. The molecule has 1 aromatic heterocycles. The van der Waals surface area contributed by atoms with E-state index in [1.807, 2.05) is 54.8 Å². The number of nitrogens with zero attached hydrogens (tertiary/aromatic N) is 4. The van der Waals surface area contributed by atoms with Crippen LogP contribution in [0.2, 0.25) is 0 Å². The Morgan fingerprint density at radius 1 is 1.27 bits per heavy atom. The third-order valence-corrected chi connectivity index (χ3v) is 3.80. The molecule has 0 unspecified atom stereocenters. The molecule has 1 heterocycles. The smallest absolute Gasteiger partial charge is 0.238 e. The highest BCUT2D eigenvalue weighted by Gasteiger charge is 2.11. The minimum atomic E-state index is -0.0445. The lowest BCUT2D eigenvalue weighted by atomic mass is 10.2. The van der Waals surface area contributed by atoms with E-state index >= 15 is 0 Å². The summed E-state index contributed by atoms with van der Waals surface area (Å²) in [6, 6.07) is 7.89. The van der Waals surface area contributed by atoms with Crippen LogP contribution in [0.25, 0.3) is 0 Å². The summed E-state index contributed by atoms with van der Waals surface area (Å²) in [5.41, 5.74) is 1.97. The molecule has 1 aromatic carbocycles. The zero-order valence-corrected chi connectivity index (χ0v) is 17.3. The molecule has 2 aromatic rings. The normalized spacial score (nSPS) is 10.2. The highest BCUT2D eigenvalue weighted by molar-refractivity contribution is 5.92. The fraction of sp³-hybridized carbons (Fsp3) is 0.471. The van der Waals surface area contributed by atoms with E-state index in [1.165, 1.54) is 0 Å². The average molecular weight is 403 g/mol. The van der Waals surface area contributed by atoms with Crippen LogP contribution in [0.15, 0.2) is 24.3 Å². The van der Waals surface area contributed by atoms with E-state index in [-0.39, 0.29) is 30.7 Å². The molecule has 26 heavy (non-hydrogen) atoms. The number of carbonyl (C=O) groups is 1. The van der Waals surface area contributed by atoms with Crippen LogP contribution in [0, 0.1) is 6.92 Å². The number of benzene rings is 1. The third kappa shape index (κ3) is 7.29. The van der Waals surface area contributed by atoms with Crippen LogP contribution in [0.3, 0.4) is 0 Å². The van der Waals surface area contributed by atoms with Crippen molar-refractivity contribution < 1.29 is 4.79 Å². The summed E-state index contributed by atoms with van der Waals surface area (Å²) >= 11 is 0. The van der Waals surface area contributed by atoms with Crippen LogP contribution in [0.1, 0.15) is 24.1 Å². The van der Waals surface area contributed by atoms with E-state index in [2.05, 4.69) is 27.8 Å². The molecule has 0 aliphatic heterocycles. The molecule has 1 amide bonds. The molecular weight excluding hydrogens is 375 g/mol. The first-order chi connectivity index (χ1) is 11.5. The van der Waals surface area contributed by atoms with Gasteiger partial charge in [-0.05, 0) is 38.2 Å². The highest BCUT2D eigenvalue weighted by Crippen LogP contribution is 2.11. The summed E-state index contributed by atoms with van der Waals surface area (Å²) < 4.78 is 1.93. The first-order valence-corrected chi connectivity index (χ1v) is 8.12. The zero-order valence-electron chi connectivity index (χ0n) is 15.7. The summed E-state index contributed by atoms with van der Waals surface area (Å²) in [7, 11) is 3.82. The molecule has 0 bridgehead atoms.